The lowest BCUT2D eigenvalue weighted by atomic mass is 9.46. The van der Waals surface area contributed by atoms with E-state index in [0.717, 1.165) is 56.7 Å². The van der Waals surface area contributed by atoms with Gasteiger partial charge >= 0.3 is 0 Å². The van der Waals surface area contributed by atoms with E-state index in [0.29, 0.717) is 11.7 Å². The second-order valence-corrected chi connectivity index (χ2v) is 9.26. The van der Waals surface area contributed by atoms with Gasteiger partial charge in [0, 0.05) is 23.6 Å². The highest BCUT2D eigenvalue weighted by Gasteiger charge is 2.66. The van der Waals surface area contributed by atoms with Crippen LogP contribution in [0.2, 0.25) is 0 Å². The number of aliphatic hydroxyl groups is 1. The molecule has 0 amide bonds. The van der Waals surface area contributed by atoms with Crippen molar-refractivity contribution in [2.75, 3.05) is 13.1 Å². The first-order chi connectivity index (χ1) is 12.1. The fourth-order valence-electron chi connectivity index (χ4n) is 6.87. The molecule has 2 N–H and O–H groups in total. The maximum absolute atomic E-state index is 12.1. The van der Waals surface area contributed by atoms with Crippen molar-refractivity contribution in [2.45, 2.75) is 75.3 Å². The lowest BCUT2D eigenvalue weighted by Crippen LogP contribution is -2.74. The monoisotopic (exact) mass is 341 g/mol. The molecule has 1 aromatic carbocycles. The van der Waals surface area contributed by atoms with E-state index in [1.165, 1.54) is 24.8 Å². The normalized spacial score (nSPS) is 40.9. The van der Waals surface area contributed by atoms with Gasteiger partial charge in [0.05, 0.1) is 5.60 Å². The Morgan fingerprint density at radius 1 is 1.16 bits per heavy atom. The number of benzene rings is 1. The number of phenols is 1. The Morgan fingerprint density at radius 3 is 2.76 bits per heavy atom. The summed E-state index contributed by atoms with van der Waals surface area (Å²) < 4.78 is 0. The Labute approximate surface area is 151 Å². The third kappa shape index (κ3) is 2.00. The molecule has 0 radical (unpaired) electrons. The highest BCUT2D eigenvalue weighted by atomic mass is 16.3. The van der Waals surface area contributed by atoms with Crippen molar-refractivity contribution in [2.24, 2.45) is 11.8 Å². The van der Waals surface area contributed by atoms with Gasteiger partial charge in [-0.25, -0.2) is 0 Å². The third-order valence-electron chi connectivity index (χ3n) is 8.30. The number of piperidine rings is 1. The van der Waals surface area contributed by atoms with E-state index in [1.54, 1.807) is 0 Å². The number of phenolic OH excluding ortho intramolecular Hbond substituents is 1. The Balaban J connectivity index is 1.64. The molecule has 25 heavy (non-hydrogen) atoms. The highest BCUT2D eigenvalue weighted by Crippen LogP contribution is 2.62. The first-order valence-corrected chi connectivity index (χ1v) is 10.3. The van der Waals surface area contributed by atoms with Gasteiger partial charge in [-0.1, -0.05) is 31.9 Å². The molecular formula is C22H31NO2. The minimum absolute atomic E-state index is 0.221. The second-order valence-electron chi connectivity index (χ2n) is 9.26. The van der Waals surface area contributed by atoms with Crippen molar-refractivity contribution in [1.29, 1.82) is 0 Å². The van der Waals surface area contributed by atoms with E-state index in [9.17, 15) is 10.2 Å². The van der Waals surface area contributed by atoms with E-state index >= 15 is 0 Å². The Hall–Kier alpha value is -1.06. The minimum Gasteiger partial charge on any atom is -0.508 e. The molecule has 1 saturated heterocycles. The number of hydrogen-bond acceptors (Lipinski definition) is 3. The summed E-state index contributed by atoms with van der Waals surface area (Å²) in [5, 5.41) is 22.9. The standard InChI is InChI=1S/C22H31NO2/c1-15-5-4-10-22(25)19-13-17-8-3-9-18(24)20(17)21(15,22)11-12-23(19)14-16-6-2-7-16/h3,8-9,15-16,19,24-25H,2,4-7,10-14H2,1H3/t15?,19-,21-,22-/m1/s1. The van der Waals surface area contributed by atoms with Crippen molar-refractivity contribution in [1.82, 2.24) is 4.90 Å². The fraction of sp³-hybridized carbons (Fsp3) is 0.727. The predicted molar refractivity (Wildman–Crippen MR) is 98.8 cm³/mol. The third-order valence-corrected chi connectivity index (χ3v) is 8.30. The molecule has 5 rings (SSSR count). The van der Waals surface area contributed by atoms with Gasteiger partial charge < -0.3 is 10.2 Å². The first-order valence-electron chi connectivity index (χ1n) is 10.3. The Morgan fingerprint density at radius 2 is 2.00 bits per heavy atom. The summed E-state index contributed by atoms with van der Waals surface area (Å²) >= 11 is 0. The molecule has 1 aromatic rings. The Kier molecular flexibility index (Phi) is 3.53. The number of likely N-dealkylation sites (tertiary alicyclic amines) is 1. The van der Waals surface area contributed by atoms with Crippen LogP contribution >= 0.6 is 0 Å². The van der Waals surface area contributed by atoms with Crippen LogP contribution in [0.5, 0.6) is 5.75 Å². The molecule has 0 aromatic heterocycles. The van der Waals surface area contributed by atoms with Gasteiger partial charge in [-0.05, 0) is 68.5 Å². The molecule has 4 atom stereocenters. The molecule has 3 heteroatoms. The lowest BCUT2D eigenvalue weighted by Gasteiger charge is -2.66. The summed E-state index contributed by atoms with van der Waals surface area (Å²) in [7, 11) is 0. The average molecular weight is 341 g/mol. The molecule has 4 aliphatic rings. The van der Waals surface area contributed by atoms with Crippen LogP contribution in [0.3, 0.4) is 0 Å². The molecule has 3 nitrogen and oxygen atoms in total. The molecule has 3 aliphatic carbocycles. The summed E-state index contributed by atoms with van der Waals surface area (Å²) in [6, 6.07) is 6.22. The van der Waals surface area contributed by atoms with Gasteiger partial charge in [0.2, 0.25) is 0 Å². The van der Waals surface area contributed by atoms with E-state index < -0.39 is 5.60 Å². The van der Waals surface area contributed by atoms with Crippen LogP contribution in [0, 0.1) is 11.8 Å². The maximum Gasteiger partial charge on any atom is 0.119 e. The van der Waals surface area contributed by atoms with Gasteiger partial charge in [0.25, 0.3) is 0 Å². The summed E-state index contributed by atoms with van der Waals surface area (Å²) in [4.78, 5) is 2.62. The smallest absolute Gasteiger partial charge is 0.119 e. The van der Waals surface area contributed by atoms with Crippen LogP contribution in [0.4, 0.5) is 0 Å². The zero-order chi connectivity index (χ0) is 17.2. The van der Waals surface area contributed by atoms with E-state index in [-0.39, 0.29) is 11.5 Å². The maximum atomic E-state index is 12.1. The molecule has 1 aliphatic heterocycles. The van der Waals surface area contributed by atoms with Crippen LogP contribution in [0.25, 0.3) is 0 Å². The van der Waals surface area contributed by atoms with Crippen molar-refractivity contribution < 1.29 is 10.2 Å². The van der Waals surface area contributed by atoms with Crippen LogP contribution in [0.15, 0.2) is 18.2 Å². The van der Waals surface area contributed by atoms with Crippen molar-refractivity contribution in [3.63, 3.8) is 0 Å². The summed E-state index contributed by atoms with van der Waals surface area (Å²) in [5.41, 5.74) is 1.43. The molecular weight excluding hydrogens is 310 g/mol. The van der Waals surface area contributed by atoms with E-state index in [2.05, 4.69) is 17.9 Å². The number of rotatable bonds is 2. The van der Waals surface area contributed by atoms with Gasteiger partial charge in [0.15, 0.2) is 0 Å². The SMILES string of the molecule is CC1CCC[C@@]2(O)[C@H]3Cc4cccc(O)c4[C@@]12CCN3CC1CCC1. The number of nitrogens with zero attached hydrogens (tertiary/aromatic N) is 1. The van der Waals surface area contributed by atoms with Crippen molar-refractivity contribution in [3.8, 4) is 5.75 Å². The zero-order valence-corrected chi connectivity index (χ0v) is 15.4. The van der Waals surface area contributed by atoms with E-state index in [1.807, 2.05) is 12.1 Å². The summed E-state index contributed by atoms with van der Waals surface area (Å²) in [5.74, 6) is 1.67. The number of fused-ring (bicyclic) bond motifs is 1. The summed E-state index contributed by atoms with van der Waals surface area (Å²) in [6.07, 6.45) is 9.13. The quantitative estimate of drug-likeness (QED) is 0.864. The minimum atomic E-state index is -0.682. The lowest BCUT2D eigenvalue weighted by molar-refractivity contribution is -0.186. The molecule has 136 valence electrons. The van der Waals surface area contributed by atoms with Gasteiger partial charge in [-0.15, -0.1) is 0 Å². The second kappa shape index (κ2) is 5.47. The molecule has 1 heterocycles. The highest BCUT2D eigenvalue weighted by molar-refractivity contribution is 5.52. The molecule has 2 saturated carbocycles. The zero-order valence-electron chi connectivity index (χ0n) is 15.4. The number of hydrogen-bond donors (Lipinski definition) is 2. The topological polar surface area (TPSA) is 43.7 Å². The first kappa shape index (κ1) is 16.1. The number of aromatic hydroxyl groups is 1. The average Bonchev–Trinajstić information content (AvgIpc) is 2.53. The van der Waals surface area contributed by atoms with Gasteiger partial charge in [-0.2, -0.15) is 0 Å². The van der Waals surface area contributed by atoms with Crippen LogP contribution in [-0.4, -0.2) is 39.8 Å². The molecule has 1 unspecified atom stereocenters. The molecule has 0 spiro atoms. The summed E-state index contributed by atoms with van der Waals surface area (Å²) in [6.45, 7) is 4.54. The van der Waals surface area contributed by atoms with Crippen molar-refractivity contribution >= 4 is 0 Å². The van der Waals surface area contributed by atoms with Crippen molar-refractivity contribution in [3.05, 3.63) is 29.3 Å². The predicted octanol–water partition coefficient (Wildman–Crippen LogP) is 3.61. The Bertz CT molecular complexity index is 685. The van der Waals surface area contributed by atoms with Gasteiger partial charge in [0.1, 0.15) is 5.75 Å². The van der Waals surface area contributed by atoms with Crippen LogP contribution in [0.1, 0.15) is 63.0 Å². The fourth-order valence-corrected chi connectivity index (χ4v) is 6.87. The van der Waals surface area contributed by atoms with E-state index in [4.69, 9.17) is 0 Å². The largest absolute Gasteiger partial charge is 0.508 e. The molecule has 3 fully saturated rings. The van der Waals surface area contributed by atoms with Gasteiger partial charge in [-0.3, -0.25) is 4.90 Å². The molecule has 2 bridgehead atoms. The van der Waals surface area contributed by atoms with Crippen LogP contribution < -0.4 is 0 Å². The van der Waals surface area contributed by atoms with Crippen LogP contribution in [-0.2, 0) is 11.8 Å².